The quantitative estimate of drug-likeness (QED) is 0.858. The first-order chi connectivity index (χ1) is 9.20. The molecule has 0 heterocycles. The molecule has 1 unspecified atom stereocenters. The second-order valence-corrected chi connectivity index (χ2v) is 6.79. The fraction of sp³-hybridized carbons (Fsp3) is 0.625. The molecule has 1 aromatic rings. The molecule has 1 fully saturated rings. The molecule has 2 N–H and O–H groups in total. The summed E-state index contributed by atoms with van der Waals surface area (Å²) in [6, 6.07) is 5.54. The topological polar surface area (TPSA) is 26.0 Å². The van der Waals surface area contributed by atoms with E-state index >= 15 is 0 Å². The molecule has 0 bridgehead atoms. The maximum atomic E-state index is 14.1. The minimum Gasteiger partial charge on any atom is -0.327 e. The van der Waals surface area contributed by atoms with E-state index < -0.39 is 0 Å². The van der Waals surface area contributed by atoms with Crippen molar-refractivity contribution in [1.82, 2.24) is 0 Å². The van der Waals surface area contributed by atoms with Gasteiger partial charge in [-0.2, -0.15) is 0 Å². The van der Waals surface area contributed by atoms with Crippen LogP contribution in [-0.2, 0) is 6.42 Å². The number of benzene rings is 1. The maximum Gasteiger partial charge on any atom is 0.137 e. The summed E-state index contributed by atoms with van der Waals surface area (Å²) in [5, 5.41) is 0.585. The summed E-state index contributed by atoms with van der Waals surface area (Å²) in [4.78, 5) is 0.846. The molecule has 2 rings (SSSR count). The summed E-state index contributed by atoms with van der Waals surface area (Å²) in [5.41, 5.74) is 7.11. The molecule has 1 atom stereocenters. The fourth-order valence-electron chi connectivity index (χ4n) is 2.62. The van der Waals surface area contributed by atoms with Crippen molar-refractivity contribution in [3.63, 3.8) is 0 Å². The van der Waals surface area contributed by atoms with Crippen LogP contribution in [0.5, 0.6) is 0 Å². The van der Waals surface area contributed by atoms with Crippen molar-refractivity contribution in [2.24, 2.45) is 5.73 Å². The second kappa shape index (κ2) is 7.30. The van der Waals surface area contributed by atoms with Crippen LogP contribution < -0.4 is 5.73 Å². The van der Waals surface area contributed by atoms with E-state index in [1.807, 2.05) is 6.07 Å². The van der Waals surface area contributed by atoms with Gasteiger partial charge in [0.05, 0.1) is 0 Å². The van der Waals surface area contributed by atoms with Gasteiger partial charge in [-0.1, -0.05) is 38.3 Å². The van der Waals surface area contributed by atoms with Gasteiger partial charge in [0.2, 0.25) is 0 Å². The van der Waals surface area contributed by atoms with E-state index in [4.69, 9.17) is 5.73 Å². The number of rotatable bonds is 5. The largest absolute Gasteiger partial charge is 0.327 e. The molecule has 0 aromatic heterocycles. The van der Waals surface area contributed by atoms with Crippen LogP contribution >= 0.6 is 11.8 Å². The SMILES string of the molecule is CCC(N)Cc1cccc(F)c1SC1CCCCC1. The van der Waals surface area contributed by atoms with Gasteiger partial charge in [-0.15, -0.1) is 11.8 Å². The lowest BCUT2D eigenvalue weighted by atomic mass is 10.0. The number of hydrogen-bond donors (Lipinski definition) is 1. The highest BCUT2D eigenvalue weighted by molar-refractivity contribution is 8.00. The molecule has 1 aromatic carbocycles. The Morgan fingerprint density at radius 3 is 2.74 bits per heavy atom. The molecule has 0 spiro atoms. The number of hydrogen-bond acceptors (Lipinski definition) is 2. The smallest absolute Gasteiger partial charge is 0.137 e. The van der Waals surface area contributed by atoms with E-state index in [2.05, 4.69) is 6.92 Å². The maximum absolute atomic E-state index is 14.1. The van der Waals surface area contributed by atoms with Crippen LogP contribution in [0, 0.1) is 5.82 Å². The van der Waals surface area contributed by atoms with Gasteiger partial charge in [0.15, 0.2) is 0 Å². The Hall–Kier alpha value is -0.540. The predicted molar refractivity (Wildman–Crippen MR) is 81.1 cm³/mol. The zero-order valence-corrected chi connectivity index (χ0v) is 12.5. The van der Waals surface area contributed by atoms with Crippen molar-refractivity contribution in [2.45, 2.75) is 68.1 Å². The van der Waals surface area contributed by atoms with Crippen LogP contribution in [0.4, 0.5) is 4.39 Å². The van der Waals surface area contributed by atoms with Gasteiger partial charge < -0.3 is 5.73 Å². The third-order valence-corrected chi connectivity index (χ3v) is 5.39. The van der Waals surface area contributed by atoms with Crippen LogP contribution in [0.3, 0.4) is 0 Å². The Kier molecular flexibility index (Phi) is 5.71. The van der Waals surface area contributed by atoms with Crippen molar-refractivity contribution < 1.29 is 4.39 Å². The van der Waals surface area contributed by atoms with Crippen molar-refractivity contribution in [3.8, 4) is 0 Å². The van der Waals surface area contributed by atoms with E-state index in [-0.39, 0.29) is 11.9 Å². The zero-order valence-electron chi connectivity index (χ0n) is 11.7. The average molecular weight is 281 g/mol. The molecule has 0 saturated heterocycles. The minimum atomic E-state index is -0.0728. The molecular weight excluding hydrogens is 257 g/mol. The highest BCUT2D eigenvalue weighted by Crippen LogP contribution is 2.37. The van der Waals surface area contributed by atoms with Crippen molar-refractivity contribution in [3.05, 3.63) is 29.6 Å². The molecule has 0 amide bonds. The first-order valence-corrected chi connectivity index (χ1v) is 8.28. The lowest BCUT2D eigenvalue weighted by Crippen LogP contribution is -2.22. The molecule has 3 heteroatoms. The van der Waals surface area contributed by atoms with Crippen LogP contribution in [0.25, 0.3) is 0 Å². The summed E-state index contributed by atoms with van der Waals surface area (Å²) in [6.45, 7) is 2.08. The Labute approximate surface area is 120 Å². The third kappa shape index (κ3) is 4.22. The summed E-state index contributed by atoms with van der Waals surface area (Å²) >= 11 is 1.74. The van der Waals surface area contributed by atoms with Gasteiger partial charge in [-0.3, -0.25) is 0 Å². The van der Waals surface area contributed by atoms with E-state index in [1.165, 1.54) is 32.1 Å². The van der Waals surface area contributed by atoms with Crippen molar-refractivity contribution in [1.29, 1.82) is 0 Å². The van der Waals surface area contributed by atoms with Crippen molar-refractivity contribution in [2.75, 3.05) is 0 Å². The summed E-state index contributed by atoms with van der Waals surface area (Å²) in [5.74, 6) is -0.0728. The number of halogens is 1. The lowest BCUT2D eigenvalue weighted by molar-refractivity contribution is 0.514. The Morgan fingerprint density at radius 2 is 2.05 bits per heavy atom. The van der Waals surface area contributed by atoms with Crippen molar-refractivity contribution >= 4 is 11.8 Å². The van der Waals surface area contributed by atoms with Gasteiger partial charge in [0, 0.05) is 16.2 Å². The molecule has 1 saturated carbocycles. The van der Waals surface area contributed by atoms with Crippen LogP contribution in [0.1, 0.15) is 51.0 Å². The van der Waals surface area contributed by atoms with Gasteiger partial charge >= 0.3 is 0 Å². The third-order valence-electron chi connectivity index (χ3n) is 3.89. The normalized spacial score (nSPS) is 18.5. The molecule has 0 radical (unpaired) electrons. The Bertz CT molecular complexity index is 402. The van der Waals surface area contributed by atoms with E-state index in [0.29, 0.717) is 5.25 Å². The second-order valence-electron chi connectivity index (χ2n) is 5.48. The molecule has 19 heavy (non-hydrogen) atoms. The molecule has 1 aliphatic rings. The predicted octanol–water partition coefficient (Wildman–Crippen LogP) is 4.53. The first kappa shape index (κ1) is 14.9. The average Bonchev–Trinajstić information content (AvgIpc) is 2.43. The number of thioether (sulfide) groups is 1. The van der Waals surface area contributed by atoms with E-state index in [0.717, 1.165) is 23.3 Å². The first-order valence-electron chi connectivity index (χ1n) is 7.40. The molecule has 1 nitrogen and oxygen atoms in total. The highest BCUT2D eigenvalue weighted by Gasteiger charge is 2.19. The highest BCUT2D eigenvalue weighted by atomic mass is 32.2. The molecule has 106 valence electrons. The van der Waals surface area contributed by atoms with Crippen LogP contribution in [-0.4, -0.2) is 11.3 Å². The zero-order chi connectivity index (χ0) is 13.7. The number of nitrogens with two attached hydrogens (primary N) is 1. The molecule has 1 aliphatic carbocycles. The van der Waals surface area contributed by atoms with E-state index in [9.17, 15) is 4.39 Å². The fourth-order valence-corrected chi connectivity index (χ4v) is 4.01. The van der Waals surface area contributed by atoms with E-state index in [1.54, 1.807) is 23.9 Å². The van der Waals surface area contributed by atoms with Crippen LogP contribution in [0.15, 0.2) is 23.1 Å². The molecular formula is C16H24FNS. The summed E-state index contributed by atoms with van der Waals surface area (Å²) in [6.07, 6.45) is 8.07. The van der Waals surface area contributed by atoms with Gasteiger partial charge in [-0.05, 0) is 37.3 Å². The summed E-state index contributed by atoms with van der Waals surface area (Å²) < 4.78 is 14.1. The van der Waals surface area contributed by atoms with Gasteiger partial charge in [0.1, 0.15) is 5.82 Å². The van der Waals surface area contributed by atoms with Gasteiger partial charge in [-0.25, -0.2) is 4.39 Å². The Morgan fingerprint density at radius 1 is 1.32 bits per heavy atom. The lowest BCUT2D eigenvalue weighted by Gasteiger charge is -2.23. The Balaban J connectivity index is 2.12. The van der Waals surface area contributed by atoms with Gasteiger partial charge in [0.25, 0.3) is 0 Å². The standard InChI is InChI=1S/C16H24FNS/c1-2-13(18)11-12-7-6-10-15(17)16(12)19-14-8-4-3-5-9-14/h6-7,10,13-14H,2-5,8-9,11,18H2,1H3. The monoisotopic (exact) mass is 281 g/mol. The summed E-state index contributed by atoms with van der Waals surface area (Å²) in [7, 11) is 0. The van der Waals surface area contributed by atoms with Crippen LogP contribution in [0.2, 0.25) is 0 Å². The molecule has 0 aliphatic heterocycles. The minimum absolute atomic E-state index is 0.0728.